The van der Waals surface area contributed by atoms with Gasteiger partial charge in [-0.1, -0.05) is 13.8 Å². The largest absolute Gasteiger partial charge is 0.484 e. The Morgan fingerprint density at radius 3 is 2.23 bits per heavy atom. The number of amides is 2. The number of carbonyl (C=O) groups excluding carboxylic acids is 2. The fourth-order valence-corrected chi connectivity index (χ4v) is 1.62. The summed E-state index contributed by atoms with van der Waals surface area (Å²) < 4.78 is 5.14. The minimum Gasteiger partial charge on any atom is -0.484 e. The molecule has 0 aliphatic rings. The molecule has 0 aromatic heterocycles. The average Bonchev–Trinajstić information content (AvgIpc) is 2.45. The highest BCUT2D eigenvalue weighted by Gasteiger charge is 2.28. The smallest absolute Gasteiger partial charge is 0.255 e. The van der Waals surface area contributed by atoms with Crippen LogP contribution >= 0.6 is 12.4 Å². The minimum atomic E-state index is -0.549. The lowest BCUT2D eigenvalue weighted by molar-refractivity contribution is -0.119. The highest BCUT2D eigenvalue weighted by atomic mass is 35.5. The molecular weight excluding hydrogens is 306 g/mol. The number of nitrogens with two attached hydrogens (primary N) is 2. The number of carbonyl (C=O) groups is 2. The second-order valence-corrected chi connectivity index (χ2v) is 5.51. The summed E-state index contributed by atoms with van der Waals surface area (Å²) in [7, 11) is 0. The topological polar surface area (TPSA) is 107 Å². The van der Waals surface area contributed by atoms with Crippen molar-refractivity contribution in [2.75, 3.05) is 13.2 Å². The first-order valence-electron chi connectivity index (χ1n) is 6.82. The molecule has 0 aliphatic heterocycles. The number of benzene rings is 1. The van der Waals surface area contributed by atoms with Gasteiger partial charge in [-0.2, -0.15) is 0 Å². The predicted octanol–water partition coefficient (Wildman–Crippen LogP) is 1.08. The molecule has 6 nitrogen and oxygen atoms in total. The fraction of sp³-hybridized carbons (Fsp3) is 0.467. The number of rotatable bonds is 7. The fourth-order valence-electron chi connectivity index (χ4n) is 1.62. The van der Waals surface area contributed by atoms with E-state index in [9.17, 15) is 9.59 Å². The van der Waals surface area contributed by atoms with Crippen molar-refractivity contribution < 1.29 is 14.3 Å². The van der Waals surface area contributed by atoms with Crippen molar-refractivity contribution in [1.82, 2.24) is 5.32 Å². The van der Waals surface area contributed by atoms with Crippen LogP contribution in [0, 0.1) is 5.92 Å². The van der Waals surface area contributed by atoms with Crippen molar-refractivity contribution in [3.05, 3.63) is 29.8 Å². The van der Waals surface area contributed by atoms with E-state index < -0.39 is 11.4 Å². The monoisotopic (exact) mass is 329 g/mol. The van der Waals surface area contributed by atoms with Gasteiger partial charge in [0.2, 0.25) is 0 Å². The summed E-state index contributed by atoms with van der Waals surface area (Å²) >= 11 is 0. The van der Waals surface area contributed by atoms with Crippen LogP contribution in [0.5, 0.6) is 5.75 Å². The molecule has 0 aliphatic carbocycles. The molecule has 2 amide bonds. The maximum Gasteiger partial charge on any atom is 0.255 e. The molecule has 0 saturated carbocycles. The van der Waals surface area contributed by atoms with Gasteiger partial charge in [-0.3, -0.25) is 9.59 Å². The van der Waals surface area contributed by atoms with Crippen molar-refractivity contribution in [2.24, 2.45) is 17.4 Å². The zero-order chi connectivity index (χ0) is 16.0. The molecule has 5 N–H and O–H groups in total. The lowest BCUT2D eigenvalue weighted by Crippen LogP contribution is -2.55. The third kappa shape index (κ3) is 5.54. The number of halogens is 1. The van der Waals surface area contributed by atoms with Crippen LogP contribution in [0.25, 0.3) is 0 Å². The summed E-state index contributed by atoms with van der Waals surface area (Å²) in [6.45, 7) is 6.10. The van der Waals surface area contributed by atoms with E-state index in [4.69, 9.17) is 16.2 Å². The molecule has 1 unspecified atom stereocenters. The zero-order valence-electron chi connectivity index (χ0n) is 13.1. The van der Waals surface area contributed by atoms with Crippen molar-refractivity contribution >= 4 is 24.2 Å². The third-order valence-electron chi connectivity index (χ3n) is 3.59. The van der Waals surface area contributed by atoms with E-state index in [1.807, 2.05) is 20.8 Å². The van der Waals surface area contributed by atoms with Crippen LogP contribution < -0.4 is 21.5 Å². The van der Waals surface area contributed by atoms with E-state index >= 15 is 0 Å². The van der Waals surface area contributed by atoms with E-state index in [1.165, 1.54) is 0 Å². The van der Waals surface area contributed by atoms with Gasteiger partial charge in [0.1, 0.15) is 5.75 Å². The van der Waals surface area contributed by atoms with E-state index in [-0.39, 0.29) is 30.8 Å². The molecule has 1 aromatic carbocycles. The van der Waals surface area contributed by atoms with Gasteiger partial charge in [0.05, 0.1) is 5.54 Å². The quantitative estimate of drug-likeness (QED) is 0.695. The number of hydrogen-bond donors (Lipinski definition) is 3. The van der Waals surface area contributed by atoms with Crippen LogP contribution in [0.15, 0.2) is 24.3 Å². The summed E-state index contributed by atoms with van der Waals surface area (Å²) in [6, 6.07) is 6.49. The van der Waals surface area contributed by atoms with Gasteiger partial charge in [-0.15, -0.1) is 12.4 Å². The predicted molar refractivity (Wildman–Crippen MR) is 88.1 cm³/mol. The highest BCUT2D eigenvalue weighted by molar-refractivity contribution is 5.94. The standard InChI is InChI=1S/C15H23N3O3.ClH/c1-10(2)15(3,9-16)18-14(20)11-4-6-12(7-5-11)21-8-13(17)19;/h4-7,10H,8-9,16H2,1-3H3,(H2,17,19)(H,18,20);1H. The average molecular weight is 330 g/mol. The lowest BCUT2D eigenvalue weighted by Gasteiger charge is -2.33. The number of ether oxygens (including phenoxy) is 1. The van der Waals surface area contributed by atoms with Crippen LogP contribution in [-0.4, -0.2) is 30.5 Å². The first kappa shape index (κ1) is 20.2. The molecule has 0 spiro atoms. The van der Waals surface area contributed by atoms with Gasteiger partial charge in [0.25, 0.3) is 11.8 Å². The van der Waals surface area contributed by atoms with Crippen LogP contribution in [0.3, 0.4) is 0 Å². The van der Waals surface area contributed by atoms with E-state index in [1.54, 1.807) is 24.3 Å². The van der Waals surface area contributed by atoms with Gasteiger partial charge in [0.15, 0.2) is 6.61 Å². The van der Waals surface area contributed by atoms with Crippen molar-refractivity contribution in [3.8, 4) is 5.75 Å². The molecule has 0 fully saturated rings. The molecule has 1 aromatic rings. The van der Waals surface area contributed by atoms with E-state index in [0.717, 1.165) is 0 Å². The normalized spacial score (nSPS) is 13.0. The van der Waals surface area contributed by atoms with Crippen molar-refractivity contribution in [1.29, 1.82) is 0 Å². The minimum absolute atomic E-state index is 0. The van der Waals surface area contributed by atoms with Gasteiger partial charge >= 0.3 is 0 Å². The summed E-state index contributed by atoms with van der Waals surface area (Å²) in [6.07, 6.45) is 0. The van der Waals surface area contributed by atoms with Crippen molar-refractivity contribution in [2.45, 2.75) is 26.3 Å². The molecule has 0 heterocycles. The van der Waals surface area contributed by atoms with Crippen LogP contribution in [0.2, 0.25) is 0 Å². The third-order valence-corrected chi connectivity index (χ3v) is 3.59. The van der Waals surface area contributed by atoms with Gasteiger partial charge in [-0.25, -0.2) is 0 Å². The Balaban J connectivity index is 0.00000441. The lowest BCUT2D eigenvalue weighted by atomic mass is 9.88. The van der Waals surface area contributed by atoms with E-state index in [0.29, 0.717) is 17.9 Å². The van der Waals surface area contributed by atoms with Gasteiger partial charge in [-0.05, 0) is 37.1 Å². The summed E-state index contributed by atoms with van der Waals surface area (Å²) in [5.74, 6) is -0.0500. The number of nitrogens with one attached hydrogen (secondary N) is 1. The summed E-state index contributed by atoms with van der Waals surface area (Å²) in [4.78, 5) is 22.8. The Morgan fingerprint density at radius 2 is 1.82 bits per heavy atom. The van der Waals surface area contributed by atoms with Crippen LogP contribution in [0.4, 0.5) is 0 Å². The molecule has 0 bridgehead atoms. The number of hydrogen-bond acceptors (Lipinski definition) is 4. The first-order chi connectivity index (χ1) is 9.78. The maximum atomic E-state index is 12.2. The van der Waals surface area contributed by atoms with Crippen molar-refractivity contribution in [3.63, 3.8) is 0 Å². The molecule has 0 radical (unpaired) electrons. The molecular formula is C15H24ClN3O3. The van der Waals surface area contributed by atoms with Gasteiger partial charge in [0, 0.05) is 12.1 Å². The molecule has 7 heteroatoms. The molecule has 1 atom stereocenters. The zero-order valence-corrected chi connectivity index (χ0v) is 13.9. The van der Waals surface area contributed by atoms with Crippen LogP contribution in [0.1, 0.15) is 31.1 Å². The summed E-state index contributed by atoms with van der Waals surface area (Å²) in [5.41, 5.74) is 10.8. The Hall–Kier alpha value is -1.79. The molecule has 124 valence electrons. The first-order valence-corrected chi connectivity index (χ1v) is 6.82. The Bertz CT molecular complexity index is 505. The Labute approximate surface area is 137 Å². The Kier molecular flexibility index (Phi) is 7.90. The van der Waals surface area contributed by atoms with Gasteiger partial charge < -0.3 is 21.5 Å². The maximum absolute atomic E-state index is 12.2. The second kappa shape index (κ2) is 8.60. The highest BCUT2D eigenvalue weighted by Crippen LogP contribution is 2.17. The Morgan fingerprint density at radius 1 is 1.27 bits per heavy atom. The second-order valence-electron chi connectivity index (χ2n) is 5.51. The molecule has 1 rings (SSSR count). The molecule has 22 heavy (non-hydrogen) atoms. The summed E-state index contributed by atoms with van der Waals surface area (Å²) in [5, 5.41) is 2.95. The van der Waals surface area contributed by atoms with E-state index in [2.05, 4.69) is 5.32 Å². The number of primary amides is 1. The van der Waals surface area contributed by atoms with Crippen LogP contribution in [-0.2, 0) is 4.79 Å². The SMILES string of the molecule is CC(C)C(C)(CN)NC(=O)c1ccc(OCC(N)=O)cc1.Cl. The molecule has 0 saturated heterocycles.